The van der Waals surface area contributed by atoms with Gasteiger partial charge in [-0.05, 0) is 39.3 Å². The van der Waals surface area contributed by atoms with Gasteiger partial charge in [-0.1, -0.05) is 0 Å². The van der Waals surface area contributed by atoms with E-state index in [-0.39, 0.29) is 5.56 Å². The van der Waals surface area contributed by atoms with Gasteiger partial charge in [0.15, 0.2) is 5.82 Å². The number of nitrogens with zero attached hydrogens (tertiary/aromatic N) is 6. The minimum atomic E-state index is -0.0189. The maximum Gasteiger partial charge on any atom is 0.293 e. The molecule has 25 heavy (non-hydrogen) atoms. The first-order chi connectivity index (χ1) is 12.0. The van der Waals surface area contributed by atoms with Gasteiger partial charge in [0.25, 0.3) is 5.56 Å². The first kappa shape index (κ1) is 17.7. The molecular formula is C18H28N6O. The predicted molar refractivity (Wildman–Crippen MR) is 98.7 cm³/mol. The summed E-state index contributed by atoms with van der Waals surface area (Å²) < 4.78 is 3.56. The molecule has 7 nitrogen and oxygen atoms in total. The smallest absolute Gasteiger partial charge is 0.293 e. The monoisotopic (exact) mass is 344 g/mol. The van der Waals surface area contributed by atoms with E-state index in [2.05, 4.69) is 28.2 Å². The first-order valence-electron chi connectivity index (χ1n) is 8.96. The number of aromatic nitrogens is 4. The molecule has 1 fully saturated rings. The molecule has 7 heteroatoms. The lowest BCUT2D eigenvalue weighted by Crippen LogP contribution is -2.42. The third-order valence-electron chi connectivity index (χ3n) is 5.18. The molecule has 2 atom stereocenters. The molecule has 136 valence electrons. The van der Waals surface area contributed by atoms with E-state index >= 15 is 0 Å². The molecule has 0 aliphatic carbocycles. The number of likely N-dealkylation sites (tertiary alicyclic amines) is 1. The van der Waals surface area contributed by atoms with Crippen LogP contribution in [0.15, 0.2) is 29.6 Å². The second kappa shape index (κ2) is 7.39. The molecule has 1 aliphatic heterocycles. The molecule has 1 aliphatic rings. The van der Waals surface area contributed by atoms with Gasteiger partial charge in [-0.3, -0.25) is 14.4 Å². The van der Waals surface area contributed by atoms with Crippen molar-refractivity contribution in [3.05, 3.63) is 40.7 Å². The summed E-state index contributed by atoms with van der Waals surface area (Å²) in [5.41, 5.74) is 1.23. The maximum atomic E-state index is 12.5. The van der Waals surface area contributed by atoms with Crippen LogP contribution in [-0.4, -0.2) is 51.4 Å². The summed E-state index contributed by atoms with van der Waals surface area (Å²) in [4.78, 5) is 21.3. The molecule has 1 saturated heterocycles. The molecule has 0 saturated carbocycles. The zero-order chi connectivity index (χ0) is 18.0. The van der Waals surface area contributed by atoms with Crippen molar-refractivity contribution in [3.63, 3.8) is 0 Å². The van der Waals surface area contributed by atoms with E-state index in [1.54, 1.807) is 17.0 Å². The van der Waals surface area contributed by atoms with Crippen LogP contribution in [-0.2, 0) is 13.6 Å². The van der Waals surface area contributed by atoms with Crippen LogP contribution in [0.1, 0.15) is 31.4 Å². The Morgan fingerprint density at radius 1 is 1.36 bits per heavy atom. The van der Waals surface area contributed by atoms with Crippen molar-refractivity contribution < 1.29 is 0 Å². The van der Waals surface area contributed by atoms with Gasteiger partial charge in [0.2, 0.25) is 0 Å². The van der Waals surface area contributed by atoms with Gasteiger partial charge in [0.1, 0.15) is 0 Å². The van der Waals surface area contributed by atoms with Gasteiger partial charge >= 0.3 is 0 Å². The standard InChI is InChI=1S/C18H28N6O/c1-5-24-10-8-19-17(18(24)25)22(3)12-14-7-6-9-21(2)16(14)15-11-20-23(4)13-15/h8,10-11,13-14,16H,5-7,9,12H2,1-4H3/t14-,16+/m0/s1. The van der Waals surface area contributed by atoms with Crippen molar-refractivity contribution in [2.24, 2.45) is 13.0 Å². The van der Waals surface area contributed by atoms with Crippen LogP contribution in [0.4, 0.5) is 5.82 Å². The van der Waals surface area contributed by atoms with Crippen LogP contribution < -0.4 is 10.5 Å². The number of rotatable bonds is 5. The van der Waals surface area contributed by atoms with Crippen molar-refractivity contribution in [1.29, 1.82) is 0 Å². The maximum absolute atomic E-state index is 12.5. The predicted octanol–water partition coefficient (Wildman–Crippen LogP) is 1.52. The summed E-state index contributed by atoms with van der Waals surface area (Å²) >= 11 is 0. The minimum Gasteiger partial charge on any atom is -0.355 e. The van der Waals surface area contributed by atoms with E-state index in [1.165, 1.54) is 12.0 Å². The molecular weight excluding hydrogens is 316 g/mol. The number of anilines is 1. The number of hydrogen-bond acceptors (Lipinski definition) is 5. The quantitative estimate of drug-likeness (QED) is 0.823. The summed E-state index contributed by atoms with van der Waals surface area (Å²) in [7, 11) is 6.10. The summed E-state index contributed by atoms with van der Waals surface area (Å²) in [6.45, 7) is 4.53. The number of piperidine rings is 1. The molecule has 3 heterocycles. The highest BCUT2D eigenvalue weighted by Crippen LogP contribution is 2.35. The lowest BCUT2D eigenvalue weighted by molar-refractivity contribution is 0.124. The summed E-state index contributed by atoms with van der Waals surface area (Å²) in [6, 6.07) is 0.321. The van der Waals surface area contributed by atoms with E-state index in [0.717, 1.165) is 19.5 Å². The zero-order valence-corrected chi connectivity index (χ0v) is 15.6. The van der Waals surface area contributed by atoms with Gasteiger partial charge in [0, 0.05) is 57.4 Å². The molecule has 0 unspecified atom stereocenters. The van der Waals surface area contributed by atoms with Gasteiger partial charge in [-0.25, -0.2) is 4.98 Å². The number of aryl methyl sites for hydroxylation is 2. The normalized spacial score (nSPS) is 21.4. The van der Waals surface area contributed by atoms with Crippen molar-refractivity contribution in [1.82, 2.24) is 24.2 Å². The Bertz CT molecular complexity index is 767. The Morgan fingerprint density at radius 2 is 2.16 bits per heavy atom. The van der Waals surface area contributed by atoms with Gasteiger partial charge < -0.3 is 9.47 Å². The van der Waals surface area contributed by atoms with Crippen LogP contribution in [0.2, 0.25) is 0 Å². The number of hydrogen-bond donors (Lipinski definition) is 0. The first-order valence-corrected chi connectivity index (χ1v) is 8.96. The van der Waals surface area contributed by atoms with Crippen LogP contribution in [0.3, 0.4) is 0 Å². The van der Waals surface area contributed by atoms with Crippen LogP contribution >= 0.6 is 0 Å². The molecule has 0 aromatic carbocycles. The summed E-state index contributed by atoms with van der Waals surface area (Å²) in [6.07, 6.45) is 9.83. The third kappa shape index (κ3) is 3.61. The average molecular weight is 344 g/mol. The van der Waals surface area contributed by atoms with Crippen molar-refractivity contribution in [2.45, 2.75) is 32.4 Å². The minimum absolute atomic E-state index is 0.0189. The highest BCUT2D eigenvalue weighted by Gasteiger charge is 2.32. The molecule has 0 bridgehead atoms. The Kier molecular flexibility index (Phi) is 5.22. The van der Waals surface area contributed by atoms with Crippen molar-refractivity contribution in [3.8, 4) is 0 Å². The van der Waals surface area contributed by atoms with E-state index < -0.39 is 0 Å². The molecule has 0 spiro atoms. The highest BCUT2D eigenvalue weighted by molar-refractivity contribution is 5.34. The van der Waals surface area contributed by atoms with Crippen molar-refractivity contribution >= 4 is 5.82 Å². The zero-order valence-electron chi connectivity index (χ0n) is 15.6. The fourth-order valence-corrected chi connectivity index (χ4v) is 3.96. The van der Waals surface area contributed by atoms with E-state index in [4.69, 9.17) is 0 Å². The largest absolute Gasteiger partial charge is 0.355 e. The Balaban J connectivity index is 1.83. The summed E-state index contributed by atoms with van der Waals surface area (Å²) in [5.74, 6) is 0.965. The van der Waals surface area contributed by atoms with E-state index in [9.17, 15) is 4.79 Å². The molecule has 0 N–H and O–H groups in total. The fourth-order valence-electron chi connectivity index (χ4n) is 3.96. The lowest BCUT2D eigenvalue weighted by atomic mass is 9.86. The Labute approximate surface area is 148 Å². The van der Waals surface area contributed by atoms with Crippen LogP contribution in [0, 0.1) is 5.92 Å². The lowest BCUT2D eigenvalue weighted by Gasteiger charge is -2.40. The summed E-state index contributed by atoms with van der Waals surface area (Å²) in [5, 5.41) is 4.35. The Morgan fingerprint density at radius 3 is 2.84 bits per heavy atom. The molecule has 2 aromatic heterocycles. The second-order valence-corrected chi connectivity index (χ2v) is 7.00. The Hall–Kier alpha value is -2.15. The van der Waals surface area contributed by atoms with Crippen LogP contribution in [0.5, 0.6) is 0 Å². The van der Waals surface area contributed by atoms with Gasteiger partial charge in [-0.15, -0.1) is 0 Å². The SMILES string of the molecule is CCn1ccnc(N(C)C[C@@H]2CCCN(C)[C@H]2c2cnn(C)c2)c1=O. The molecule has 2 aromatic rings. The van der Waals surface area contributed by atoms with E-state index in [1.807, 2.05) is 36.8 Å². The molecule has 3 rings (SSSR count). The third-order valence-corrected chi connectivity index (χ3v) is 5.18. The second-order valence-electron chi connectivity index (χ2n) is 7.00. The fraction of sp³-hybridized carbons (Fsp3) is 0.611. The molecule has 0 amide bonds. The topological polar surface area (TPSA) is 59.2 Å². The van der Waals surface area contributed by atoms with Crippen LogP contribution in [0.25, 0.3) is 0 Å². The van der Waals surface area contributed by atoms with E-state index in [0.29, 0.717) is 24.3 Å². The average Bonchev–Trinajstić information content (AvgIpc) is 3.01. The highest BCUT2D eigenvalue weighted by atomic mass is 16.1. The van der Waals surface area contributed by atoms with Gasteiger partial charge in [-0.2, -0.15) is 5.10 Å². The molecule has 0 radical (unpaired) electrons. The van der Waals surface area contributed by atoms with Gasteiger partial charge in [0.05, 0.1) is 6.20 Å². The van der Waals surface area contributed by atoms with Crippen molar-refractivity contribution in [2.75, 3.05) is 32.1 Å².